The minimum Gasteiger partial charge on any atom is -0.387 e. The van der Waals surface area contributed by atoms with E-state index in [4.69, 9.17) is 0 Å². The lowest BCUT2D eigenvalue weighted by Crippen LogP contribution is -2.17. The van der Waals surface area contributed by atoms with E-state index in [-0.39, 0.29) is 17.7 Å². The number of hydrogen-bond acceptors (Lipinski definition) is 7. The summed E-state index contributed by atoms with van der Waals surface area (Å²) in [6.07, 6.45) is 0. The topological polar surface area (TPSA) is 99.3 Å². The van der Waals surface area contributed by atoms with Crippen molar-refractivity contribution in [3.63, 3.8) is 0 Å². The van der Waals surface area contributed by atoms with E-state index in [1.54, 1.807) is 73.8 Å². The molecule has 7 nitrogen and oxygen atoms in total. The summed E-state index contributed by atoms with van der Waals surface area (Å²) in [6, 6.07) is 24.5. The molecule has 0 aliphatic heterocycles. The van der Waals surface area contributed by atoms with Crippen LogP contribution < -0.4 is 21.3 Å². The maximum Gasteiger partial charge on any atom is 0.257 e. The van der Waals surface area contributed by atoms with Crippen molar-refractivity contribution >= 4 is 89.1 Å². The third kappa shape index (κ3) is 6.72. The summed E-state index contributed by atoms with van der Waals surface area (Å²) < 4.78 is 0. The number of nitrogens with one attached hydrogen (secondary N) is 4. The van der Waals surface area contributed by atoms with Crippen LogP contribution in [0, 0.1) is 13.8 Å². The van der Waals surface area contributed by atoms with E-state index in [1.807, 2.05) is 32.0 Å². The smallest absolute Gasteiger partial charge is 0.257 e. The number of anilines is 4. The molecule has 0 saturated heterocycles. The number of hydrogen-bond donors (Lipinski definition) is 7. The molecule has 222 valence electrons. The molecule has 0 aliphatic carbocycles. The van der Waals surface area contributed by atoms with Gasteiger partial charge in [-0.2, -0.15) is 0 Å². The molecule has 0 saturated carbocycles. The summed E-state index contributed by atoms with van der Waals surface area (Å²) in [5.74, 6) is -1.03. The van der Waals surface area contributed by atoms with E-state index in [2.05, 4.69) is 59.2 Å². The molecule has 5 aromatic carbocycles. The standard InChI is InChI=1S/C34H30N4O3S3/c1-18-7-10-24(28(13-18)35-3)34(41)38-27-15-21(9-8-19(27)2)32(39)36-22-6-4-5-20(14-22)33(40)37-26-11-12-29(43)25-16-23(42)17-30(44)31(25)26/h4-17,35,42-44H,1-3H3,(H,36,39)(H,37,40)(H,38,41). The van der Waals surface area contributed by atoms with Crippen molar-refractivity contribution < 1.29 is 14.4 Å². The fourth-order valence-electron chi connectivity index (χ4n) is 4.82. The quantitative estimate of drug-likeness (QED) is 0.0916. The number of fused-ring (bicyclic) bond motifs is 1. The summed E-state index contributed by atoms with van der Waals surface area (Å²) in [4.78, 5) is 41.7. The predicted molar refractivity (Wildman–Crippen MR) is 188 cm³/mol. The fraction of sp³-hybridized carbons (Fsp3) is 0.0882. The molecule has 5 rings (SSSR count). The lowest BCUT2D eigenvalue weighted by Gasteiger charge is -2.14. The first-order valence-corrected chi connectivity index (χ1v) is 15.0. The minimum atomic E-state index is -0.387. The largest absolute Gasteiger partial charge is 0.387 e. The molecular formula is C34H30N4O3S3. The van der Waals surface area contributed by atoms with Gasteiger partial charge in [-0.05, 0) is 97.1 Å². The van der Waals surface area contributed by atoms with Crippen molar-refractivity contribution in [2.24, 2.45) is 0 Å². The van der Waals surface area contributed by atoms with Crippen LogP contribution in [-0.4, -0.2) is 24.8 Å². The third-order valence-corrected chi connectivity index (χ3v) is 8.12. The van der Waals surface area contributed by atoms with Crippen LogP contribution in [-0.2, 0) is 0 Å². The van der Waals surface area contributed by atoms with Crippen LogP contribution in [0.25, 0.3) is 10.8 Å². The van der Waals surface area contributed by atoms with Crippen LogP contribution >= 0.6 is 37.9 Å². The average Bonchev–Trinajstić information content (AvgIpc) is 2.99. The van der Waals surface area contributed by atoms with Gasteiger partial charge in [0.1, 0.15) is 0 Å². The molecule has 5 aromatic rings. The van der Waals surface area contributed by atoms with E-state index >= 15 is 0 Å². The number of carbonyl (C=O) groups is 3. The molecule has 4 N–H and O–H groups in total. The molecule has 10 heteroatoms. The van der Waals surface area contributed by atoms with Gasteiger partial charge in [-0.25, -0.2) is 0 Å². The number of amides is 3. The molecule has 0 spiro atoms. The summed E-state index contributed by atoms with van der Waals surface area (Å²) in [7, 11) is 1.76. The minimum absolute atomic E-state index is 0.290. The van der Waals surface area contributed by atoms with Gasteiger partial charge in [0.25, 0.3) is 17.7 Å². The monoisotopic (exact) mass is 638 g/mol. The second-order valence-electron chi connectivity index (χ2n) is 10.3. The van der Waals surface area contributed by atoms with Gasteiger partial charge >= 0.3 is 0 Å². The average molecular weight is 639 g/mol. The normalized spacial score (nSPS) is 10.8. The molecule has 0 bridgehead atoms. The Balaban J connectivity index is 1.33. The number of aryl methyl sites for hydroxylation is 2. The molecule has 0 aromatic heterocycles. The van der Waals surface area contributed by atoms with Gasteiger partial charge in [-0.1, -0.05) is 18.2 Å². The molecule has 0 heterocycles. The Hall–Kier alpha value is -4.38. The SMILES string of the molecule is CNc1cc(C)ccc1C(=O)Nc1cc(C(=O)Nc2cccc(C(=O)Nc3ccc(S)c4cc(S)cc(S)c34)c2)ccc1C. The second-order valence-corrected chi connectivity index (χ2v) is 11.8. The molecule has 3 amide bonds. The summed E-state index contributed by atoms with van der Waals surface area (Å²) in [6.45, 7) is 3.81. The van der Waals surface area contributed by atoms with Crippen molar-refractivity contribution in [3.8, 4) is 0 Å². The zero-order valence-electron chi connectivity index (χ0n) is 24.1. The van der Waals surface area contributed by atoms with Gasteiger partial charge in [-0.3, -0.25) is 14.4 Å². The summed E-state index contributed by atoms with van der Waals surface area (Å²) >= 11 is 13.6. The van der Waals surface area contributed by atoms with E-state index in [9.17, 15) is 14.4 Å². The summed E-state index contributed by atoms with van der Waals surface area (Å²) in [5, 5.41) is 13.4. The first-order chi connectivity index (χ1) is 21.0. The molecule has 0 unspecified atom stereocenters. The van der Waals surface area contributed by atoms with Gasteiger partial charge in [0.15, 0.2) is 0 Å². The molecule has 0 radical (unpaired) electrons. The van der Waals surface area contributed by atoms with Crippen LogP contribution in [0.4, 0.5) is 22.7 Å². The van der Waals surface area contributed by atoms with E-state index in [1.165, 1.54) is 0 Å². The van der Waals surface area contributed by atoms with Crippen molar-refractivity contribution in [1.82, 2.24) is 0 Å². The predicted octanol–water partition coefficient (Wildman–Crippen LogP) is 8.12. The van der Waals surface area contributed by atoms with Crippen molar-refractivity contribution in [1.29, 1.82) is 0 Å². The Bertz CT molecular complexity index is 1960. The van der Waals surface area contributed by atoms with Crippen LogP contribution in [0.1, 0.15) is 42.2 Å². The Labute approximate surface area is 272 Å². The zero-order chi connectivity index (χ0) is 31.5. The molecule has 44 heavy (non-hydrogen) atoms. The van der Waals surface area contributed by atoms with Crippen molar-refractivity contribution in [3.05, 3.63) is 113 Å². The van der Waals surface area contributed by atoms with Gasteiger partial charge in [0.05, 0.1) is 11.3 Å². The highest BCUT2D eigenvalue weighted by Gasteiger charge is 2.16. The lowest BCUT2D eigenvalue weighted by atomic mass is 10.1. The highest BCUT2D eigenvalue weighted by atomic mass is 32.1. The molecule has 0 fully saturated rings. The van der Waals surface area contributed by atoms with Crippen molar-refractivity contribution in [2.45, 2.75) is 28.5 Å². The maximum atomic E-state index is 13.3. The van der Waals surface area contributed by atoms with Crippen molar-refractivity contribution in [2.75, 3.05) is 28.3 Å². The number of benzene rings is 5. The van der Waals surface area contributed by atoms with Gasteiger partial charge < -0.3 is 21.3 Å². The first-order valence-electron chi connectivity index (χ1n) is 13.6. The maximum absolute atomic E-state index is 13.3. The number of thiol groups is 3. The van der Waals surface area contributed by atoms with Crippen LogP contribution in [0.2, 0.25) is 0 Å². The number of rotatable bonds is 7. The molecule has 0 atom stereocenters. The first kappa shape index (κ1) is 31.1. The van der Waals surface area contributed by atoms with Gasteiger partial charge in [0.2, 0.25) is 0 Å². The van der Waals surface area contributed by atoms with Crippen LogP contribution in [0.5, 0.6) is 0 Å². The Morgan fingerprint density at radius 2 is 1.34 bits per heavy atom. The summed E-state index contributed by atoms with van der Waals surface area (Å²) in [5.41, 5.74) is 5.29. The van der Waals surface area contributed by atoms with Crippen LogP contribution in [0.3, 0.4) is 0 Å². The van der Waals surface area contributed by atoms with Crippen LogP contribution in [0.15, 0.2) is 99.6 Å². The fourth-order valence-corrected chi connectivity index (χ4v) is 5.81. The molecular weight excluding hydrogens is 609 g/mol. The Morgan fingerprint density at radius 3 is 2.11 bits per heavy atom. The molecule has 0 aliphatic rings. The van der Waals surface area contributed by atoms with Gasteiger partial charge in [-0.15, -0.1) is 37.9 Å². The Kier molecular flexibility index (Phi) is 9.24. The highest BCUT2D eigenvalue weighted by molar-refractivity contribution is 7.81. The lowest BCUT2D eigenvalue weighted by molar-refractivity contribution is 0.101. The second kappa shape index (κ2) is 13.1. The number of carbonyl (C=O) groups excluding carboxylic acids is 3. The van der Waals surface area contributed by atoms with Gasteiger partial charge in [0, 0.05) is 55.3 Å². The van der Waals surface area contributed by atoms with E-state index in [0.29, 0.717) is 44.3 Å². The highest BCUT2D eigenvalue weighted by Crippen LogP contribution is 2.36. The Morgan fingerprint density at radius 1 is 0.614 bits per heavy atom. The third-order valence-electron chi connectivity index (χ3n) is 7.12. The van der Waals surface area contributed by atoms with E-state index in [0.717, 1.165) is 31.7 Å². The zero-order valence-corrected chi connectivity index (χ0v) is 26.8. The van der Waals surface area contributed by atoms with E-state index < -0.39 is 0 Å².